The molecule has 4 nitrogen and oxygen atoms in total. The first-order chi connectivity index (χ1) is 20.1. The molecule has 0 aliphatic heterocycles. The molecule has 8 atom stereocenters. The van der Waals surface area contributed by atoms with E-state index in [9.17, 15) is 37.4 Å². The number of fused-ring (bicyclic) bond motifs is 5. The number of phenols is 1. The molecule has 3 aliphatic rings. The molecule has 0 bridgehead atoms. The van der Waals surface area contributed by atoms with Crippen molar-refractivity contribution in [1.29, 1.82) is 0 Å². The maximum absolute atomic E-state index is 15.9. The Morgan fingerprint density at radius 3 is 2.26 bits per heavy atom. The number of hydrogen-bond donors (Lipinski definition) is 2. The fourth-order valence-electron chi connectivity index (χ4n) is 8.64. The van der Waals surface area contributed by atoms with E-state index >= 15 is 4.39 Å². The number of nitrogens with zero attached hydrogens (tertiary/aromatic N) is 1. The van der Waals surface area contributed by atoms with Crippen LogP contribution in [0, 0.1) is 28.4 Å². The third-order valence-corrected chi connectivity index (χ3v) is 11.0. The molecule has 4 rings (SSSR count). The molecule has 0 saturated heterocycles. The van der Waals surface area contributed by atoms with Crippen molar-refractivity contribution in [3.05, 3.63) is 34.5 Å². The second-order valence-corrected chi connectivity index (χ2v) is 14.2. The third-order valence-electron chi connectivity index (χ3n) is 11.0. The predicted molar refractivity (Wildman–Crippen MR) is 154 cm³/mol. The van der Waals surface area contributed by atoms with Gasteiger partial charge in [0.05, 0.1) is 26.2 Å². The number of phenolic OH excluding ortho intramolecular Hbond substituents is 1. The van der Waals surface area contributed by atoms with Gasteiger partial charge in [0.1, 0.15) is 11.9 Å². The lowest BCUT2D eigenvalue weighted by Crippen LogP contribution is -2.51. The molecule has 10 heteroatoms. The van der Waals surface area contributed by atoms with Crippen LogP contribution < -0.4 is 0 Å². The minimum atomic E-state index is -5.50. The van der Waals surface area contributed by atoms with Gasteiger partial charge < -0.3 is 20.1 Å². The van der Waals surface area contributed by atoms with Gasteiger partial charge in [-0.25, -0.2) is 4.39 Å². The largest absolute Gasteiger partial charge is 0.633 e. The Morgan fingerprint density at radius 2 is 1.58 bits per heavy atom. The lowest BCUT2D eigenvalue weighted by atomic mass is 9.51. The molecule has 2 fully saturated rings. The standard InChI is InChI=1S/C33H49F6NO3/c1-31-21-27(34)30-25-13-12-24(41)20-23(25)19-22(29(30)26(31)14-15-28(31)42)11-7-6-10-18-40(2,43)17-9-5-3-4-8-16-32(35,36)33(37,38)39/h12-13,20,22,26-30,41-42H,3-11,14-19,21H2,1-2H3/t22-,26+,27+,28+,29+,30+,31+,40?/m1/s1. The number of rotatable bonds is 14. The number of alkyl halides is 6. The summed E-state index contributed by atoms with van der Waals surface area (Å²) in [6, 6.07) is 5.32. The van der Waals surface area contributed by atoms with E-state index in [-0.39, 0.29) is 42.3 Å². The Balaban J connectivity index is 1.22. The number of aliphatic hydroxyl groups excluding tert-OH is 1. The highest BCUT2D eigenvalue weighted by molar-refractivity contribution is 5.41. The van der Waals surface area contributed by atoms with Crippen LogP contribution in [-0.4, -0.2) is 59.4 Å². The summed E-state index contributed by atoms with van der Waals surface area (Å²) in [6.07, 6.45) is -0.198. The number of halogens is 6. The van der Waals surface area contributed by atoms with Crippen LogP contribution in [0.5, 0.6) is 5.75 Å². The molecule has 1 aromatic rings. The molecule has 0 spiro atoms. The number of unbranched alkanes of at least 4 members (excludes halogenated alkanes) is 6. The fourth-order valence-corrected chi connectivity index (χ4v) is 8.64. The number of aromatic hydroxyl groups is 1. The summed E-state index contributed by atoms with van der Waals surface area (Å²) in [6.45, 7) is 2.89. The summed E-state index contributed by atoms with van der Waals surface area (Å²) in [5.41, 5.74) is 1.62. The van der Waals surface area contributed by atoms with Gasteiger partial charge in [-0.15, -0.1) is 0 Å². The Hall–Kier alpha value is -1.52. The average Bonchev–Trinajstić information content (AvgIpc) is 3.20. The van der Waals surface area contributed by atoms with Crippen molar-refractivity contribution < 1.29 is 41.2 Å². The number of quaternary nitrogens is 1. The molecule has 0 amide bonds. The van der Waals surface area contributed by atoms with Crippen LogP contribution >= 0.6 is 0 Å². The quantitative estimate of drug-likeness (QED) is 0.0945. The highest BCUT2D eigenvalue weighted by atomic mass is 19.4. The van der Waals surface area contributed by atoms with Gasteiger partial charge in [0, 0.05) is 12.3 Å². The van der Waals surface area contributed by atoms with Gasteiger partial charge in [-0.3, -0.25) is 0 Å². The van der Waals surface area contributed by atoms with E-state index in [0.29, 0.717) is 45.2 Å². The van der Waals surface area contributed by atoms with Gasteiger partial charge in [-0.1, -0.05) is 32.3 Å². The highest BCUT2D eigenvalue weighted by Gasteiger charge is 2.60. The van der Waals surface area contributed by atoms with Gasteiger partial charge >= 0.3 is 12.1 Å². The van der Waals surface area contributed by atoms with Gasteiger partial charge in [0.25, 0.3) is 0 Å². The monoisotopic (exact) mass is 621 g/mol. The lowest BCUT2D eigenvalue weighted by Gasteiger charge is -2.54. The van der Waals surface area contributed by atoms with Crippen molar-refractivity contribution in [3.8, 4) is 5.75 Å². The first kappa shape index (κ1) is 34.4. The number of hydroxylamine groups is 3. The number of hydrogen-bond acceptors (Lipinski definition) is 3. The van der Waals surface area contributed by atoms with Gasteiger partial charge in [0.15, 0.2) is 0 Å². The van der Waals surface area contributed by atoms with Crippen molar-refractivity contribution >= 4 is 0 Å². The lowest BCUT2D eigenvalue weighted by molar-refractivity contribution is -0.861. The average molecular weight is 622 g/mol. The third kappa shape index (κ3) is 7.83. The van der Waals surface area contributed by atoms with Crippen LogP contribution in [0.1, 0.15) is 107 Å². The molecular weight excluding hydrogens is 572 g/mol. The van der Waals surface area contributed by atoms with E-state index in [2.05, 4.69) is 6.92 Å². The van der Waals surface area contributed by atoms with E-state index in [1.165, 1.54) is 0 Å². The zero-order valence-electron chi connectivity index (χ0n) is 25.5. The van der Waals surface area contributed by atoms with Crippen molar-refractivity contribution in [2.24, 2.45) is 23.2 Å². The van der Waals surface area contributed by atoms with Crippen molar-refractivity contribution in [2.75, 3.05) is 20.1 Å². The van der Waals surface area contributed by atoms with Crippen molar-refractivity contribution in [2.45, 2.75) is 127 Å². The van der Waals surface area contributed by atoms with E-state index in [1.807, 2.05) is 6.07 Å². The summed E-state index contributed by atoms with van der Waals surface area (Å²) < 4.78 is 78.2. The number of benzene rings is 1. The fraction of sp³-hybridized carbons (Fsp3) is 0.818. The van der Waals surface area contributed by atoms with Crippen LogP contribution in [0.15, 0.2) is 18.2 Å². The second-order valence-electron chi connectivity index (χ2n) is 14.2. The van der Waals surface area contributed by atoms with Crippen LogP contribution in [-0.2, 0) is 6.42 Å². The van der Waals surface area contributed by atoms with E-state index in [0.717, 1.165) is 49.7 Å². The summed E-state index contributed by atoms with van der Waals surface area (Å²) in [4.78, 5) is 0. The molecule has 246 valence electrons. The smallest absolute Gasteiger partial charge is 0.453 e. The summed E-state index contributed by atoms with van der Waals surface area (Å²) >= 11 is 0. The van der Waals surface area contributed by atoms with E-state index < -0.39 is 40.9 Å². The Labute approximate surface area is 252 Å². The minimum Gasteiger partial charge on any atom is -0.633 e. The highest BCUT2D eigenvalue weighted by Crippen LogP contribution is 2.63. The molecular formula is C33H49F6NO3. The maximum atomic E-state index is 15.9. The van der Waals surface area contributed by atoms with Crippen LogP contribution in [0.3, 0.4) is 0 Å². The summed E-state index contributed by atoms with van der Waals surface area (Å²) in [5.74, 6) is -4.02. The molecule has 3 aliphatic carbocycles. The first-order valence-corrected chi connectivity index (χ1v) is 16.2. The van der Waals surface area contributed by atoms with E-state index in [4.69, 9.17) is 0 Å². The SMILES string of the molecule is C[C@]12C[C@H](F)[C@@H]3c4ccc(O)cc4C[C@@H](CCCCC[N+](C)([O-])CCCCCCCC(F)(F)C(F)(F)F)[C@H]3[C@@H]1CC[C@@H]2O. The molecule has 0 heterocycles. The topological polar surface area (TPSA) is 63.5 Å². The molecule has 1 unspecified atom stereocenters. The predicted octanol–water partition coefficient (Wildman–Crippen LogP) is 8.83. The number of aliphatic hydroxyl groups is 1. The minimum absolute atomic E-state index is 0.142. The zero-order chi connectivity index (χ0) is 31.6. The molecule has 2 N–H and O–H groups in total. The van der Waals surface area contributed by atoms with Gasteiger partial charge in [-0.05, 0) is 111 Å². The molecule has 1 aromatic carbocycles. The molecule has 0 aromatic heterocycles. The molecule has 0 radical (unpaired) electrons. The second kappa shape index (κ2) is 13.5. The van der Waals surface area contributed by atoms with Crippen LogP contribution in [0.25, 0.3) is 0 Å². The molecule has 2 saturated carbocycles. The molecule has 43 heavy (non-hydrogen) atoms. The Bertz CT molecular complexity index is 1070. The van der Waals surface area contributed by atoms with E-state index in [1.54, 1.807) is 19.2 Å². The Morgan fingerprint density at radius 1 is 0.953 bits per heavy atom. The summed E-state index contributed by atoms with van der Waals surface area (Å²) in [5, 5.41) is 33.8. The summed E-state index contributed by atoms with van der Waals surface area (Å²) in [7, 11) is 1.62. The first-order valence-electron chi connectivity index (χ1n) is 16.2. The normalized spacial score (nSPS) is 32.1. The van der Waals surface area contributed by atoms with Gasteiger partial charge in [0.2, 0.25) is 0 Å². The maximum Gasteiger partial charge on any atom is 0.453 e. The van der Waals surface area contributed by atoms with Crippen LogP contribution in [0.4, 0.5) is 26.3 Å². The van der Waals surface area contributed by atoms with Crippen LogP contribution in [0.2, 0.25) is 0 Å². The van der Waals surface area contributed by atoms with Crippen molar-refractivity contribution in [1.82, 2.24) is 0 Å². The van der Waals surface area contributed by atoms with Gasteiger partial charge in [-0.2, -0.15) is 22.0 Å². The zero-order valence-corrected chi connectivity index (χ0v) is 25.5. The van der Waals surface area contributed by atoms with Crippen molar-refractivity contribution in [3.63, 3.8) is 0 Å². The Kier molecular flexibility index (Phi) is 10.7.